The summed E-state index contributed by atoms with van der Waals surface area (Å²) < 4.78 is 30.9. The molecule has 158 valence electrons. The molecule has 0 saturated heterocycles. The maximum atomic E-state index is 14.8. The number of rotatable bonds is 1. The molecule has 2 aliphatic rings. The average molecular weight is 419 g/mol. The van der Waals surface area contributed by atoms with Gasteiger partial charge in [-0.2, -0.15) is 0 Å². The molecule has 8 heteroatoms. The van der Waals surface area contributed by atoms with Crippen LogP contribution in [0, 0.1) is 19.7 Å². The van der Waals surface area contributed by atoms with Crippen molar-refractivity contribution in [3.63, 3.8) is 0 Å². The van der Waals surface area contributed by atoms with E-state index in [1.807, 2.05) is 31.4 Å². The maximum Gasteiger partial charge on any atom is 0.172 e. The summed E-state index contributed by atoms with van der Waals surface area (Å²) in [5, 5.41) is 8.53. The molecule has 4 aromatic rings. The number of aromatic nitrogens is 5. The van der Waals surface area contributed by atoms with Gasteiger partial charge < -0.3 is 14.0 Å². The quantitative estimate of drug-likeness (QED) is 0.472. The summed E-state index contributed by atoms with van der Waals surface area (Å²) >= 11 is 0. The van der Waals surface area contributed by atoms with Crippen molar-refractivity contribution in [1.29, 1.82) is 0 Å². The number of halogens is 1. The van der Waals surface area contributed by atoms with E-state index in [2.05, 4.69) is 14.8 Å². The lowest BCUT2D eigenvalue weighted by Gasteiger charge is -2.16. The summed E-state index contributed by atoms with van der Waals surface area (Å²) in [4.78, 5) is 4.76. The summed E-state index contributed by atoms with van der Waals surface area (Å²) in [5.74, 6) is 2.16. The number of hydrogen-bond donors (Lipinski definition) is 0. The zero-order valence-electron chi connectivity index (χ0n) is 17.6. The smallest absolute Gasteiger partial charge is 0.172 e. The molecule has 0 radical (unpaired) electrons. The number of ether oxygens (including phenoxy) is 2. The van der Waals surface area contributed by atoms with Gasteiger partial charge >= 0.3 is 0 Å². The number of pyridine rings is 1. The van der Waals surface area contributed by atoms with E-state index in [-0.39, 0.29) is 11.7 Å². The summed E-state index contributed by atoms with van der Waals surface area (Å²) in [6.45, 7) is 4.96. The number of hydrogen-bond acceptors (Lipinski definition) is 5. The Bertz CT molecular complexity index is 1360. The largest absolute Gasteiger partial charge is 0.493 e. The van der Waals surface area contributed by atoms with Gasteiger partial charge in [-0.25, -0.2) is 9.37 Å². The molecule has 0 fully saturated rings. The Kier molecular flexibility index (Phi) is 3.87. The second kappa shape index (κ2) is 6.54. The summed E-state index contributed by atoms with van der Waals surface area (Å²) in [7, 11) is 2.00. The first-order valence-corrected chi connectivity index (χ1v) is 10.5. The topological polar surface area (TPSA) is 66.5 Å². The van der Waals surface area contributed by atoms with Crippen LogP contribution in [-0.4, -0.2) is 37.4 Å². The Hall–Kier alpha value is -3.42. The van der Waals surface area contributed by atoms with Crippen molar-refractivity contribution in [1.82, 2.24) is 24.1 Å². The zero-order chi connectivity index (χ0) is 21.3. The Balaban J connectivity index is 1.53. The molecule has 2 aliphatic heterocycles. The Morgan fingerprint density at radius 1 is 1.10 bits per heavy atom. The minimum Gasteiger partial charge on any atom is -0.493 e. The molecule has 31 heavy (non-hydrogen) atoms. The van der Waals surface area contributed by atoms with E-state index < -0.39 is 0 Å². The third kappa shape index (κ3) is 2.60. The van der Waals surface area contributed by atoms with E-state index in [0.29, 0.717) is 26.1 Å². The second-order valence-corrected chi connectivity index (χ2v) is 8.32. The van der Waals surface area contributed by atoms with Crippen LogP contribution in [0.25, 0.3) is 17.0 Å². The predicted octanol–water partition coefficient (Wildman–Crippen LogP) is 3.54. The highest BCUT2D eigenvalue weighted by atomic mass is 19.1. The minimum absolute atomic E-state index is 0.00404. The molecule has 0 unspecified atom stereocenters. The molecular weight excluding hydrogens is 397 g/mol. The van der Waals surface area contributed by atoms with E-state index in [0.717, 1.165) is 56.7 Å². The SMILES string of the molecule is Cc1nc(-c2cc3c(n4cnnc24)CCc2c(F)ccc4c2[C@H](CO4)CO3)n(C)c1C. The van der Waals surface area contributed by atoms with Gasteiger partial charge in [0, 0.05) is 18.3 Å². The minimum atomic E-state index is -0.187. The summed E-state index contributed by atoms with van der Waals surface area (Å²) in [6.07, 6.45) is 2.85. The van der Waals surface area contributed by atoms with Gasteiger partial charge in [0.1, 0.15) is 29.5 Å². The van der Waals surface area contributed by atoms with Crippen LogP contribution in [0.3, 0.4) is 0 Å². The molecular formula is C23H22FN5O2. The average Bonchev–Trinajstić information content (AvgIpc) is 3.47. The van der Waals surface area contributed by atoms with Crippen LogP contribution in [-0.2, 0) is 19.9 Å². The van der Waals surface area contributed by atoms with Crippen LogP contribution in [0.1, 0.15) is 34.1 Å². The van der Waals surface area contributed by atoms with Gasteiger partial charge in [-0.1, -0.05) is 0 Å². The van der Waals surface area contributed by atoms with Crippen molar-refractivity contribution in [2.45, 2.75) is 32.6 Å². The molecule has 1 aromatic carbocycles. The highest BCUT2D eigenvalue weighted by Gasteiger charge is 2.32. The Labute approximate surface area is 178 Å². The molecule has 0 aliphatic carbocycles. The number of nitrogens with zero attached hydrogens (tertiary/aromatic N) is 5. The van der Waals surface area contributed by atoms with Gasteiger partial charge in [-0.3, -0.25) is 4.40 Å². The fourth-order valence-electron chi connectivity index (χ4n) is 4.79. The first-order chi connectivity index (χ1) is 15.0. The van der Waals surface area contributed by atoms with Gasteiger partial charge in [0.05, 0.1) is 36.1 Å². The molecule has 6 rings (SSSR count). The molecule has 3 aromatic heterocycles. The first-order valence-electron chi connectivity index (χ1n) is 10.5. The van der Waals surface area contributed by atoms with Crippen molar-refractivity contribution < 1.29 is 13.9 Å². The molecule has 0 spiro atoms. The van der Waals surface area contributed by atoms with Gasteiger partial charge in [-0.05, 0) is 50.5 Å². The maximum absolute atomic E-state index is 14.8. The van der Waals surface area contributed by atoms with E-state index in [9.17, 15) is 4.39 Å². The number of benzene rings is 1. The van der Waals surface area contributed by atoms with E-state index in [1.54, 1.807) is 12.4 Å². The zero-order valence-corrected chi connectivity index (χ0v) is 17.6. The fraction of sp³-hybridized carbons (Fsp3) is 0.348. The highest BCUT2D eigenvalue weighted by molar-refractivity contribution is 5.75. The molecule has 1 atom stereocenters. The van der Waals surface area contributed by atoms with Crippen molar-refractivity contribution in [2.24, 2.45) is 7.05 Å². The van der Waals surface area contributed by atoms with Gasteiger partial charge in [0.25, 0.3) is 0 Å². The van der Waals surface area contributed by atoms with E-state index in [4.69, 9.17) is 14.5 Å². The van der Waals surface area contributed by atoms with E-state index >= 15 is 0 Å². The van der Waals surface area contributed by atoms with Crippen LogP contribution >= 0.6 is 0 Å². The molecule has 0 N–H and O–H groups in total. The van der Waals surface area contributed by atoms with Gasteiger partial charge in [0.2, 0.25) is 0 Å². The first kappa shape index (κ1) is 18.4. The highest BCUT2D eigenvalue weighted by Crippen LogP contribution is 2.41. The predicted molar refractivity (Wildman–Crippen MR) is 112 cm³/mol. The van der Waals surface area contributed by atoms with Crippen LogP contribution in [0.4, 0.5) is 4.39 Å². The Morgan fingerprint density at radius 2 is 1.90 bits per heavy atom. The van der Waals surface area contributed by atoms with Crippen molar-refractivity contribution in [3.8, 4) is 22.9 Å². The molecule has 0 bridgehead atoms. The Morgan fingerprint density at radius 3 is 2.68 bits per heavy atom. The van der Waals surface area contributed by atoms with E-state index in [1.165, 1.54) is 6.07 Å². The molecule has 7 nitrogen and oxygen atoms in total. The van der Waals surface area contributed by atoms with Gasteiger partial charge in [-0.15, -0.1) is 10.2 Å². The lowest BCUT2D eigenvalue weighted by atomic mass is 9.93. The second-order valence-electron chi connectivity index (χ2n) is 8.32. The number of fused-ring (bicyclic) bond motifs is 3. The monoisotopic (exact) mass is 419 g/mol. The van der Waals surface area contributed by atoms with Crippen molar-refractivity contribution in [3.05, 3.63) is 58.6 Å². The standard InChI is InChI=1S/C23H22FN5O2/c1-12-13(2)28(3)22(26-12)16-8-20-18(29-11-25-27-23(16)29)6-4-15-17(24)5-7-19-21(15)14(9-30-19)10-31-20/h5,7-8,11,14H,4,6,9-10H2,1-3H3/t14-/m1/s1. The van der Waals surface area contributed by atoms with Crippen LogP contribution < -0.4 is 9.47 Å². The third-order valence-corrected chi connectivity index (χ3v) is 6.66. The fourth-order valence-corrected chi connectivity index (χ4v) is 4.79. The van der Waals surface area contributed by atoms with Crippen LogP contribution in [0.2, 0.25) is 0 Å². The normalized spacial score (nSPS) is 17.4. The number of imidazole rings is 1. The van der Waals surface area contributed by atoms with Crippen molar-refractivity contribution in [2.75, 3.05) is 13.2 Å². The summed E-state index contributed by atoms with van der Waals surface area (Å²) in [5.41, 5.74) is 6.25. The van der Waals surface area contributed by atoms with Crippen molar-refractivity contribution >= 4 is 5.65 Å². The summed E-state index contributed by atoms with van der Waals surface area (Å²) in [6, 6.07) is 5.23. The number of aryl methyl sites for hydroxylation is 2. The lowest BCUT2D eigenvalue weighted by molar-refractivity contribution is 0.246. The lowest BCUT2D eigenvalue weighted by Crippen LogP contribution is -2.13. The van der Waals surface area contributed by atoms with Crippen LogP contribution in [0.15, 0.2) is 24.5 Å². The molecule has 5 heterocycles. The third-order valence-electron chi connectivity index (χ3n) is 6.66. The van der Waals surface area contributed by atoms with Gasteiger partial charge in [0.15, 0.2) is 5.65 Å². The molecule has 0 amide bonds. The van der Waals surface area contributed by atoms with Crippen LogP contribution in [0.5, 0.6) is 11.5 Å². The molecule has 0 saturated carbocycles.